The number of carbonyl (C=O) groups excluding carboxylic acids is 3. The number of anilines is 1. The van der Waals surface area contributed by atoms with E-state index in [4.69, 9.17) is 0 Å². The van der Waals surface area contributed by atoms with E-state index in [1.807, 2.05) is 54.6 Å². The molecule has 2 N–H and O–H groups in total. The maximum atomic E-state index is 13.5. The molecule has 0 spiro atoms. The van der Waals surface area contributed by atoms with Gasteiger partial charge in [-0.05, 0) is 54.6 Å². The maximum absolute atomic E-state index is 13.5. The van der Waals surface area contributed by atoms with Crippen LogP contribution in [0.3, 0.4) is 0 Å². The van der Waals surface area contributed by atoms with E-state index in [-0.39, 0.29) is 28.6 Å². The van der Waals surface area contributed by atoms with Gasteiger partial charge in [-0.25, -0.2) is 0 Å². The van der Waals surface area contributed by atoms with Crippen molar-refractivity contribution in [2.75, 3.05) is 11.1 Å². The van der Waals surface area contributed by atoms with Gasteiger partial charge in [0, 0.05) is 33.0 Å². The second-order valence-electron chi connectivity index (χ2n) is 10.2. The van der Waals surface area contributed by atoms with E-state index < -0.39 is 16.7 Å². The molecule has 0 saturated carbocycles. The van der Waals surface area contributed by atoms with Crippen molar-refractivity contribution < 1.29 is 19.3 Å². The standard InChI is InChI=1S/C36H26N4O5S/c41-34(39-32-19-8-5-16-28(32)29-17-6-9-20-33(29)39)23-46-27-15-10-14-26(22-27)37-36(43)30(38-35(42)24-11-2-1-3-12-24)21-25-13-4-7-18-31(25)40(44)45/h1-22H,23H2,(H,37,43)(H,38,42)/b30-21+. The zero-order chi connectivity index (χ0) is 32.0. The molecule has 10 heteroatoms. The number of carbonyl (C=O) groups is 3. The van der Waals surface area contributed by atoms with Gasteiger partial charge >= 0.3 is 0 Å². The Labute approximate surface area is 267 Å². The van der Waals surface area contributed by atoms with Crippen LogP contribution < -0.4 is 10.6 Å². The zero-order valence-electron chi connectivity index (χ0n) is 24.3. The Morgan fingerprint density at radius 3 is 2.09 bits per heavy atom. The summed E-state index contributed by atoms with van der Waals surface area (Å²) in [6.45, 7) is 0. The van der Waals surface area contributed by atoms with Crippen LogP contribution in [0, 0.1) is 10.1 Å². The van der Waals surface area contributed by atoms with Gasteiger partial charge in [0.2, 0.25) is 5.91 Å². The van der Waals surface area contributed by atoms with Crippen molar-refractivity contribution in [2.45, 2.75) is 4.90 Å². The minimum atomic E-state index is -0.675. The van der Waals surface area contributed by atoms with Gasteiger partial charge in [-0.2, -0.15) is 0 Å². The lowest BCUT2D eigenvalue weighted by Crippen LogP contribution is -2.30. The summed E-state index contributed by atoms with van der Waals surface area (Å²) in [5.74, 6) is -1.16. The number of nitrogens with one attached hydrogen (secondary N) is 2. The van der Waals surface area contributed by atoms with Crippen molar-refractivity contribution in [3.63, 3.8) is 0 Å². The maximum Gasteiger partial charge on any atom is 0.276 e. The van der Waals surface area contributed by atoms with Crippen LogP contribution in [0.15, 0.2) is 138 Å². The fourth-order valence-electron chi connectivity index (χ4n) is 5.14. The first-order chi connectivity index (χ1) is 22.4. The van der Waals surface area contributed by atoms with Gasteiger partial charge in [0.25, 0.3) is 17.5 Å². The van der Waals surface area contributed by atoms with Crippen molar-refractivity contribution >= 4 is 68.7 Å². The molecular formula is C36H26N4O5S. The van der Waals surface area contributed by atoms with Gasteiger partial charge in [-0.1, -0.05) is 72.8 Å². The van der Waals surface area contributed by atoms with Crippen molar-refractivity contribution in [2.24, 2.45) is 0 Å². The molecule has 0 atom stereocenters. The highest BCUT2D eigenvalue weighted by atomic mass is 32.2. The first-order valence-electron chi connectivity index (χ1n) is 14.3. The minimum Gasteiger partial charge on any atom is -0.321 e. The van der Waals surface area contributed by atoms with E-state index in [2.05, 4.69) is 10.6 Å². The summed E-state index contributed by atoms with van der Waals surface area (Å²) < 4.78 is 1.73. The van der Waals surface area contributed by atoms with E-state index in [1.165, 1.54) is 36.0 Å². The molecule has 0 saturated heterocycles. The first-order valence-corrected chi connectivity index (χ1v) is 15.2. The summed E-state index contributed by atoms with van der Waals surface area (Å²) in [7, 11) is 0. The molecule has 0 unspecified atom stereocenters. The van der Waals surface area contributed by atoms with Gasteiger partial charge in [-0.3, -0.25) is 29.1 Å². The smallest absolute Gasteiger partial charge is 0.276 e. The molecule has 6 rings (SSSR count). The molecule has 226 valence electrons. The molecule has 1 heterocycles. The first kappa shape index (κ1) is 30.0. The van der Waals surface area contributed by atoms with E-state index in [0.717, 1.165) is 26.7 Å². The van der Waals surface area contributed by atoms with Crippen LogP contribution in [0.4, 0.5) is 11.4 Å². The highest BCUT2D eigenvalue weighted by Crippen LogP contribution is 2.30. The lowest BCUT2D eigenvalue weighted by molar-refractivity contribution is -0.385. The number of thioether (sulfide) groups is 1. The Morgan fingerprint density at radius 2 is 1.39 bits per heavy atom. The summed E-state index contributed by atoms with van der Waals surface area (Å²) in [6, 6.07) is 36.8. The fourth-order valence-corrected chi connectivity index (χ4v) is 5.94. The highest BCUT2D eigenvalue weighted by molar-refractivity contribution is 8.00. The Hall–Kier alpha value is -6.00. The summed E-state index contributed by atoms with van der Waals surface area (Å²) in [5, 5.41) is 19.0. The molecule has 46 heavy (non-hydrogen) atoms. The van der Waals surface area contributed by atoms with Crippen molar-refractivity contribution in [1.82, 2.24) is 9.88 Å². The number of fused-ring (bicyclic) bond motifs is 3. The normalized spacial score (nSPS) is 11.3. The van der Waals surface area contributed by atoms with Crippen LogP contribution in [0.5, 0.6) is 0 Å². The number of nitrogens with zero attached hydrogens (tertiary/aromatic N) is 2. The van der Waals surface area contributed by atoms with Crippen LogP contribution in [0.1, 0.15) is 20.7 Å². The Morgan fingerprint density at radius 1 is 0.761 bits per heavy atom. The average molecular weight is 627 g/mol. The summed E-state index contributed by atoms with van der Waals surface area (Å²) in [5.41, 5.74) is 2.17. The number of hydrogen-bond acceptors (Lipinski definition) is 6. The number of rotatable bonds is 9. The predicted octanol–water partition coefficient (Wildman–Crippen LogP) is 7.54. The molecule has 0 bridgehead atoms. The van der Waals surface area contributed by atoms with Gasteiger partial charge in [0.15, 0.2) is 0 Å². The van der Waals surface area contributed by atoms with E-state index in [0.29, 0.717) is 11.3 Å². The topological polar surface area (TPSA) is 123 Å². The number of nitro groups is 1. The highest BCUT2D eigenvalue weighted by Gasteiger charge is 2.19. The van der Waals surface area contributed by atoms with Crippen molar-refractivity contribution in [3.8, 4) is 0 Å². The summed E-state index contributed by atoms with van der Waals surface area (Å²) in [6.07, 6.45) is 1.28. The third-order valence-corrected chi connectivity index (χ3v) is 8.22. The van der Waals surface area contributed by atoms with Crippen molar-refractivity contribution in [1.29, 1.82) is 0 Å². The predicted molar refractivity (Wildman–Crippen MR) is 181 cm³/mol. The zero-order valence-corrected chi connectivity index (χ0v) is 25.1. The number of aromatic nitrogens is 1. The largest absolute Gasteiger partial charge is 0.321 e. The molecule has 0 fully saturated rings. The van der Waals surface area contributed by atoms with E-state index in [1.54, 1.807) is 59.2 Å². The monoisotopic (exact) mass is 626 g/mol. The minimum absolute atomic E-state index is 0.0878. The van der Waals surface area contributed by atoms with Gasteiger partial charge in [-0.15, -0.1) is 11.8 Å². The quantitative estimate of drug-likeness (QED) is 0.0740. The second-order valence-corrected chi connectivity index (χ2v) is 11.3. The van der Waals surface area contributed by atoms with Crippen LogP contribution in [0.25, 0.3) is 27.9 Å². The lowest BCUT2D eigenvalue weighted by atomic mass is 10.1. The molecule has 6 aromatic rings. The lowest BCUT2D eigenvalue weighted by Gasteiger charge is -2.12. The van der Waals surface area contributed by atoms with Gasteiger partial charge in [0.1, 0.15) is 5.70 Å². The molecule has 1 aromatic heterocycles. The SMILES string of the molecule is O=C(Nc1cccc(SCC(=O)n2c3ccccc3c3ccccc32)c1)/C(=C\c1ccccc1[N+](=O)[O-])NC(=O)c1ccccc1. The average Bonchev–Trinajstić information content (AvgIpc) is 3.42. The van der Waals surface area contributed by atoms with Crippen molar-refractivity contribution in [3.05, 3.63) is 154 Å². The molecule has 5 aromatic carbocycles. The molecule has 0 aliphatic carbocycles. The Kier molecular flexibility index (Phi) is 8.71. The molecule has 2 amide bonds. The molecular weight excluding hydrogens is 600 g/mol. The third-order valence-electron chi connectivity index (χ3n) is 7.25. The number of para-hydroxylation sites is 3. The molecule has 0 radical (unpaired) electrons. The van der Waals surface area contributed by atoms with Crippen LogP contribution >= 0.6 is 11.8 Å². The molecule has 0 aliphatic rings. The molecule has 0 aliphatic heterocycles. The summed E-state index contributed by atoms with van der Waals surface area (Å²) >= 11 is 1.33. The number of amides is 2. The Balaban J connectivity index is 1.22. The second kappa shape index (κ2) is 13.3. The van der Waals surface area contributed by atoms with Gasteiger partial charge in [0.05, 0.1) is 27.3 Å². The van der Waals surface area contributed by atoms with Crippen LogP contribution in [-0.4, -0.2) is 33.0 Å². The number of hydrogen-bond donors (Lipinski definition) is 2. The van der Waals surface area contributed by atoms with Crippen LogP contribution in [-0.2, 0) is 4.79 Å². The number of benzene rings is 5. The number of nitro benzene ring substituents is 1. The summed E-state index contributed by atoms with van der Waals surface area (Å²) in [4.78, 5) is 51.8. The Bertz CT molecular complexity index is 2100. The molecule has 9 nitrogen and oxygen atoms in total. The van der Waals surface area contributed by atoms with E-state index >= 15 is 0 Å². The van der Waals surface area contributed by atoms with Gasteiger partial charge < -0.3 is 10.6 Å². The van der Waals surface area contributed by atoms with E-state index in [9.17, 15) is 24.5 Å². The third kappa shape index (κ3) is 6.42. The van der Waals surface area contributed by atoms with Crippen LogP contribution in [0.2, 0.25) is 0 Å². The fraction of sp³-hybridized carbons (Fsp3) is 0.0278.